The van der Waals surface area contributed by atoms with Gasteiger partial charge in [-0.2, -0.15) is 0 Å². The Labute approximate surface area is 181 Å². The Hall–Kier alpha value is -2.68. The number of para-hydroxylation sites is 1. The fourth-order valence-electron chi connectivity index (χ4n) is 2.67. The molecule has 0 saturated heterocycles. The number of carbonyl (C=O) groups is 1. The first-order chi connectivity index (χ1) is 14.1. The van der Waals surface area contributed by atoms with Gasteiger partial charge in [-0.25, -0.2) is 4.98 Å². The average molecular weight is 442 g/mol. The van der Waals surface area contributed by atoms with Crippen LogP contribution in [0.4, 0.5) is 5.13 Å². The molecule has 0 spiro atoms. The number of hydrogen-bond acceptors (Lipinski definition) is 6. The minimum atomic E-state index is -0.0550. The third kappa shape index (κ3) is 4.34. The van der Waals surface area contributed by atoms with Crippen molar-refractivity contribution in [2.24, 2.45) is 0 Å². The standard InChI is InChI=1S/C20H16ClN5OS2/c1-25(19-22-11-12-28-19)17(27)13-29-20-24-23-18(14-7-9-15(21)10-8-14)26(20)16-5-3-2-4-6-16/h2-12H,13H2,1H3. The lowest BCUT2D eigenvalue weighted by Crippen LogP contribution is -2.27. The summed E-state index contributed by atoms with van der Waals surface area (Å²) in [7, 11) is 1.72. The van der Waals surface area contributed by atoms with E-state index < -0.39 is 0 Å². The van der Waals surface area contributed by atoms with Gasteiger partial charge < -0.3 is 0 Å². The van der Waals surface area contributed by atoms with E-state index in [9.17, 15) is 4.79 Å². The fourth-order valence-corrected chi connectivity index (χ4v) is 4.29. The minimum Gasteiger partial charge on any atom is -0.291 e. The van der Waals surface area contributed by atoms with E-state index in [0.29, 0.717) is 21.1 Å². The number of carbonyl (C=O) groups excluding carboxylic acids is 1. The maximum Gasteiger partial charge on any atom is 0.238 e. The van der Waals surface area contributed by atoms with Crippen LogP contribution in [0.5, 0.6) is 0 Å². The Kier molecular flexibility index (Phi) is 5.94. The molecule has 0 bridgehead atoms. The molecule has 0 fully saturated rings. The second-order valence-corrected chi connectivity index (χ2v) is 8.29. The molecule has 2 aromatic heterocycles. The first-order valence-corrected chi connectivity index (χ1v) is 10.9. The SMILES string of the molecule is CN(C(=O)CSc1nnc(-c2ccc(Cl)cc2)n1-c1ccccc1)c1nccs1. The van der Waals surface area contributed by atoms with Gasteiger partial charge in [0.2, 0.25) is 5.91 Å². The summed E-state index contributed by atoms with van der Waals surface area (Å²) in [6.45, 7) is 0. The van der Waals surface area contributed by atoms with Crippen LogP contribution in [-0.4, -0.2) is 38.5 Å². The van der Waals surface area contributed by atoms with Crippen LogP contribution in [0.2, 0.25) is 5.02 Å². The zero-order valence-corrected chi connectivity index (χ0v) is 17.8. The monoisotopic (exact) mass is 441 g/mol. The van der Waals surface area contributed by atoms with Crippen molar-refractivity contribution in [3.05, 3.63) is 71.2 Å². The number of thioether (sulfide) groups is 1. The summed E-state index contributed by atoms with van der Waals surface area (Å²) in [5.74, 6) is 0.860. The lowest BCUT2D eigenvalue weighted by molar-refractivity contribution is -0.115. The highest BCUT2D eigenvalue weighted by molar-refractivity contribution is 7.99. The maximum absolute atomic E-state index is 12.6. The third-order valence-corrected chi connectivity index (χ3v) is 6.17. The molecule has 0 aliphatic carbocycles. The Balaban J connectivity index is 1.63. The summed E-state index contributed by atoms with van der Waals surface area (Å²) in [4.78, 5) is 18.3. The van der Waals surface area contributed by atoms with Gasteiger partial charge in [-0.1, -0.05) is 41.6 Å². The van der Waals surface area contributed by atoms with Crippen molar-refractivity contribution in [1.29, 1.82) is 0 Å². The highest BCUT2D eigenvalue weighted by Gasteiger charge is 2.19. The van der Waals surface area contributed by atoms with Crippen molar-refractivity contribution in [2.45, 2.75) is 5.16 Å². The number of nitrogens with zero attached hydrogens (tertiary/aromatic N) is 5. The fraction of sp³-hybridized carbons (Fsp3) is 0.100. The number of amides is 1. The molecule has 4 aromatic rings. The molecule has 146 valence electrons. The van der Waals surface area contributed by atoms with E-state index in [1.807, 2.05) is 64.5 Å². The summed E-state index contributed by atoms with van der Waals surface area (Å²) in [5.41, 5.74) is 1.81. The van der Waals surface area contributed by atoms with Crippen LogP contribution < -0.4 is 4.90 Å². The Morgan fingerprint density at radius 2 is 1.90 bits per heavy atom. The lowest BCUT2D eigenvalue weighted by Gasteiger charge is -2.14. The van der Waals surface area contributed by atoms with Gasteiger partial charge in [-0.05, 0) is 36.4 Å². The van der Waals surface area contributed by atoms with Crippen molar-refractivity contribution in [2.75, 3.05) is 17.7 Å². The topological polar surface area (TPSA) is 63.9 Å². The van der Waals surface area contributed by atoms with Gasteiger partial charge in [0, 0.05) is 34.9 Å². The first-order valence-electron chi connectivity index (χ1n) is 8.69. The van der Waals surface area contributed by atoms with Crippen molar-refractivity contribution in [1.82, 2.24) is 19.7 Å². The van der Waals surface area contributed by atoms with Crippen molar-refractivity contribution in [3.63, 3.8) is 0 Å². The molecule has 0 radical (unpaired) electrons. The quantitative estimate of drug-likeness (QED) is 0.402. The summed E-state index contributed by atoms with van der Waals surface area (Å²) >= 11 is 8.79. The van der Waals surface area contributed by atoms with Gasteiger partial charge in [0.15, 0.2) is 16.1 Å². The van der Waals surface area contributed by atoms with E-state index in [0.717, 1.165) is 11.3 Å². The highest BCUT2D eigenvalue weighted by Crippen LogP contribution is 2.29. The molecule has 0 unspecified atom stereocenters. The van der Waals surface area contributed by atoms with Crippen LogP contribution in [0.25, 0.3) is 17.1 Å². The van der Waals surface area contributed by atoms with Crippen molar-refractivity contribution in [3.8, 4) is 17.1 Å². The molecule has 0 N–H and O–H groups in total. The van der Waals surface area contributed by atoms with Crippen LogP contribution in [0, 0.1) is 0 Å². The minimum absolute atomic E-state index is 0.0550. The third-order valence-electron chi connectivity index (χ3n) is 4.16. The summed E-state index contributed by atoms with van der Waals surface area (Å²) in [6, 6.07) is 17.3. The molecule has 2 aromatic carbocycles. The lowest BCUT2D eigenvalue weighted by atomic mass is 10.2. The van der Waals surface area contributed by atoms with Crippen LogP contribution in [0.15, 0.2) is 71.3 Å². The highest BCUT2D eigenvalue weighted by atomic mass is 35.5. The van der Waals surface area contributed by atoms with E-state index in [1.165, 1.54) is 23.1 Å². The molecule has 1 amide bonds. The molecular weight excluding hydrogens is 426 g/mol. The molecule has 0 aliphatic heterocycles. The average Bonchev–Trinajstić information content (AvgIpc) is 3.43. The smallest absolute Gasteiger partial charge is 0.238 e. The van der Waals surface area contributed by atoms with Crippen molar-refractivity contribution < 1.29 is 4.79 Å². The number of anilines is 1. The molecule has 9 heteroatoms. The molecule has 0 aliphatic rings. The second-order valence-electron chi connectivity index (χ2n) is 6.04. The van der Waals surface area contributed by atoms with E-state index >= 15 is 0 Å². The van der Waals surface area contributed by atoms with Crippen LogP contribution in [-0.2, 0) is 4.79 Å². The van der Waals surface area contributed by atoms with Crippen LogP contribution in [0.3, 0.4) is 0 Å². The van der Waals surface area contributed by atoms with Crippen molar-refractivity contribution >= 4 is 45.7 Å². The summed E-state index contributed by atoms with van der Waals surface area (Å²) < 4.78 is 1.95. The van der Waals surface area contributed by atoms with Gasteiger partial charge in [0.1, 0.15) is 0 Å². The number of hydrogen-bond donors (Lipinski definition) is 0. The molecule has 6 nitrogen and oxygen atoms in total. The van der Waals surface area contributed by atoms with Crippen LogP contribution in [0.1, 0.15) is 0 Å². The van der Waals surface area contributed by atoms with Gasteiger partial charge in [-0.15, -0.1) is 21.5 Å². The molecule has 29 heavy (non-hydrogen) atoms. The number of halogens is 1. The zero-order valence-electron chi connectivity index (χ0n) is 15.4. The maximum atomic E-state index is 12.6. The zero-order chi connectivity index (χ0) is 20.2. The normalized spacial score (nSPS) is 10.8. The predicted molar refractivity (Wildman–Crippen MR) is 118 cm³/mol. The Morgan fingerprint density at radius 1 is 1.14 bits per heavy atom. The Bertz CT molecular complexity index is 1100. The molecule has 0 atom stereocenters. The summed E-state index contributed by atoms with van der Waals surface area (Å²) in [5, 5.41) is 12.5. The van der Waals surface area contributed by atoms with E-state index in [2.05, 4.69) is 15.2 Å². The number of aromatic nitrogens is 4. The van der Waals surface area contributed by atoms with E-state index in [1.54, 1.807) is 18.1 Å². The second kappa shape index (κ2) is 8.77. The summed E-state index contributed by atoms with van der Waals surface area (Å²) in [6.07, 6.45) is 1.68. The first kappa shape index (κ1) is 19.6. The van der Waals surface area contributed by atoms with E-state index in [-0.39, 0.29) is 11.7 Å². The van der Waals surface area contributed by atoms with Gasteiger partial charge >= 0.3 is 0 Å². The Morgan fingerprint density at radius 3 is 2.59 bits per heavy atom. The number of thiazole rings is 1. The largest absolute Gasteiger partial charge is 0.291 e. The number of rotatable bonds is 6. The van der Waals surface area contributed by atoms with Gasteiger partial charge in [0.25, 0.3) is 0 Å². The molecule has 0 saturated carbocycles. The molecule has 2 heterocycles. The van der Waals surface area contributed by atoms with Gasteiger partial charge in [-0.3, -0.25) is 14.3 Å². The predicted octanol–water partition coefficient (Wildman–Crippen LogP) is 4.80. The van der Waals surface area contributed by atoms with Crippen LogP contribution >= 0.6 is 34.7 Å². The number of benzene rings is 2. The van der Waals surface area contributed by atoms with E-state index in [4.69, 9.17) is 11.6 Å². The molecule has 4 rings (SSSR count). The van der Waals surface area contributed by atoms with Gasteiger partial charge in [0.05, 0.1) is 5.75 Å². The molecular formula is C20H16ClN5OS2.